The van der Waals surface area contributed by atoms with Crippen molar-refractivity contribution in [2.45, 2.75) is 42.7 Å². The van der Waals surface area contributed by atoms with E-state index in [2.05, 4.69) is 19.4 Å². The number of carbonyl (C=O) groups is 1. The van der Waals surface area contributed by atoms with E-state index in [0.717, 1.165) is 40.2 Å². The van der Waals surface area contributed by atoms with Crippen molar-refractivity contribution in [3.8, 4) is 5.75 Å². The van der Waals surface area contributed by atoms with Gasteiger partial charge in [0.05, 0.1) is 20.6 Å². The summed E-state index contributed by atoms with van der Waals surface area (Å²) in [7, 11) is 4.33. The molecule has 3 aromatic rings. The van der Waals surface area contributed by atoms with Gasteiger partial charge in [0.1, 0.15) is 17.9 Å². The van der Waals surface area contributed by atoms with Crippen molar-refractivity contribution in [3.05, 3.63) is 77.9 Å². The minimum Gasteiger partial charge on any atom is -0.508 e. The SMILES string of the molecule is C[N+]1(C)CC[C@@]2(c3cccc(O)c3)C[C@@H](NC(=O)c3ccc4ccccc4c3)CC[C@]2(O)C1. The van der Waals surface area contributed by atoms with Gasteiger partial charge in [0.15, 0.2) is 0 Å². The molecule has 1 aliphatic carbocycles. The lowest BCUT2D eigenvalue weighted by Crippen LogP contribution is -2.70. The Morgan fingerprint density at radius 2 is 1.79 bits per heavy atom. The molecular formula is C28H33N2O3+. The summed E-state index contributed by atoms with van der Waals surface area (Å²) in [4.78, 5) is 13.2. The summed E-state index contributed by atoms with van der Waals surface area (Å²) < 4.78 is 0.769. The first-order chi connectivity index (χ1) is 15.7. The van der Waals surface area contributed by atoms with Crippen molar-refractivity contribution in [3.63, 3.8) is 0 Å². The molecule has 5 rings (SSSR count). The van der Waals surface area contributed by atoms with E-state index < -0.39 is 11.0 Å². The Bertz CT molecular complexity index is 1210. The van der Waals surface area contributed by atoms with Crippen molar-refractivity contribution >= 4 is 16.7 Å². The molecule has 0 unspecified atom stereocenters. The highest BCUT2D eigenvalue weighted by molar-refractivity contribution is 5.98. The van der Waals surface area contributed by atoms with Crippen LogP contribution in [0.4, 0.5) is 0 Å². The maximum atomic E-state index is 13.2. The molecule has 1 amide bonds. The molecule has 3 aromatic carbocycles. The van der Waals surface area contributed by atoms with Crippen LogP contribution < -0.4 is 5.32 Å². The molecule has 5 heteroatoms. The first kappa shape index (κ1) is 21.9. The standard InChI is InChI=1S/C28H32N2O3/c1-30(2)15-14-27(23-8-5-9-25(31)17-23)18-24(12-13-28(27,33)19-30)29-26(32)22-11-10-20-6-3-4-7-21(20)16-22/h3-11,16-17,24,33H,12-15,18-19H2,1-2H3,(H-,29,31,32)/p+1/t24-,27-,28-/m0/s1. The number of aromatic hydroxyl groups is 1. The van der Waals surface area contributed by atoms with Crippen LogP contribution in [0.5, 0.6) is 5.75 Å². The molecule has 0 aromatic heterocycles. The lowest BCUT2D eigenvalue weighted by molar-refractivity contribution is -0.905. The molecule has 33 heavy (non-hydrogen) atoms. The molecule has 1 heterocycles. The van der Waals surface area contributed by atoms with Gasteiger partial charge in [-0.1, -0.05) is 42.5 Å². The number of nitrogens with zero attached hydrogens (tertiary/aromatic N) is 1. The predicted molar refractivity (Wildman–Crippen MR) is 130 cm³/mol. The summed E-state index contributed by atoms with van der Waals surface area (Å²) in [6.07, 6.45) is 2.82. The number of piperidine rings is 1. The number of likely N-dealkylation sites (tertiary alicyclic amines) is 1. The molecule has 1 saturated heterocycles. The topological polar surface area (TPSA) is 69.6 Å². The quantitative estimate of drug-likeness (QED) is 0.534. The van der Waals surface area contributed by atoms with E-state index in [4.69, 9.17) is 0 Å². The molecular weight excluding hydrogens is 412 g/mol. The van der Waals surface area contributed by atoms with Crippen LogP contribution >= 0.6 is 0 Å². The molecule has 2 aliphatic rings. The molecule has 3 N–H and O–H groups in total. The average Bonchev–Trinajstić information content (AvgIpc) is 2.78. The molecule has 1 saturated carbocycles. The Hall–Kier alpha value is -2.89. The molecule has 5 nitrogen and oxygen atoms in total. The Balaban J connectivity index is 1.44. The second kappa shape index (κ2) is 7.86. The van der Waals surface area contributed by atoms with Crippen LogP contribution in [0.15, 0.2) is 66.7 Å². The van der Waals surface area contributed by atoms with Crippen LogP contribution in [0, 0.1) is 0 Å². The zero-order valence-electron chi connectivity index (χ0n) is 19.4. The van der Waals surface area contributed by atoms with Crippen molar-refractivity contribution < 1.29 is 19.5 Å². The number of fused-ring (bicyclic) bond motifs is 2. The van der Waals surface area contributed by atoms with Crippen molar-refractivity contribution in [2.75, 3.05) is 27.2 Å². The van der Waals surface area contributed by atoms with E-state index in [1.54, 1.807) is 12.1 Å². The molecule has 0 radical (unpaired) electrons. The fourth-order valence-corrected chi connectivity index (χ4v) is 6.27. The normalized spacial score (nSPS) is 28.8. The zero-order valence-corrected chi connectivity index (χ0v) is 19.4. The second-order valence-electron chi connectivity index (χ2n) is 10.7. The number of rotatable bonds is 3. The van der Waals surface area contributed by atoms with Gasteiger partial charge in [-0.2, -0.15) is 0 Å². The first-order valence-corrected chi connectivity index (χ1v) is 11.8. The summed E-state index contributed by atoms with van der Waals surface area (Å²) >= 11 is 0. The maximum absolute atomic E-state index is 13.2. The monoisotopic (exact) mass is 445 g/mol. The molecule has 0 spiro atoms. The predicted octanol–water partition coefficient (Wildman–Crippen LogP) is 3.98. The number of hydrogen-bond donors (Lipinski definition) is 3. The fraction of sp³-hybridized carbons (Fsp3) is 0.393. The number of phenols is 1. The first-order valence-electron chi connectivity index (χ1n) is 11.8. The zero-order chi connectivity index (χ0) is 23.3. The molecule has 2 fully saturated rings. The molecule has 0 bridgehead atoms. The van der Waals surface area contributed by atoms with Crippen LogP contribution in [0.3, 0.4) is 0 Å². The van der Waals surface area contributed by atoms with Gasteiger partial charge in [-0.25, -0.2) is 0 Å². The average molecular weight is 446 g/mol. The number of quaternary nitrogens is 1. The number of carbonyl (C=O) groups excluding carboxylic acids is 1. The summed E-state index contributed by atoms with van der Waals surface area (Å²) in [5.74, 6) is 0.139. The van der Waals surface area contributed by atoms with Crippen molar-refractivity contribution in [1.82, 2.24) is 5.32 Å². The van der Waals surface area contributed by atoms with Gasteiger partial charge in [0.25, 0.3) is 5.91 Å². The number of benzene rings is 3. The van der Waals surface area contributed by atoms with Gasteiger partial charge in [-0.05, 0) is 59.9 Å². The molecule has 1 aliphatic heterocycles. The fourth-order valence-electron chi connectivity index (χ4n) is 6.27. The third kappa shape index (κ3) is 3.90. The smallest absolute Gasteiger partial charge is 0.251 e. The second-order valence-corrected chi connectivity index (χ2v) is 10.7. The minimum absolute atomic E-state index is 0.0414. The highest BCUT2D eigenvalue weighted by atomic mass is 16.3. The third-order valence-electron chi connectivity index (χ3n) is 7.97. The van der Waals surface area contributed by atoms with E-state index in [9.17, 15) is 15.0 Å². The highest BCUT2D eigenvalue weighted by Gasteiger charge is 2.60. The number of aliphatic hydroxyl groups is 1. The number of amides is 1. The number of likely N-dealkylation sites (N-methyl/N-ethyl adjacent to an activating group) is 1. The van der Waals surface area contributed by atoms with E-state index in [1.807, 2.05) is 54.6 Å². The number of nitrogens with one attached hydrogen (secondary N) is 1. The summed E-state index contributed by atoms with van der Waals surface area (Å²) in [6, 6.07) is 21.1. The van der Waals surface area contributed by atoms with Gasteiger partial charge in [0.2, 0.25) is 0 Å². The van der Waals surface area contributed by atoms with Gasteiger partial charge >= 0.3 is 0 Å². The summed E-state index contributed by atoms with van der Waals surface area (Å²) in [6.45, 7) is 1.59. The van der Waals surface area contributed by atoms with Crippen molar-refractivity contribution in [2.24, 2.45) is 0 Å². The maximum Gasteiger partial charge on any atom is 0.251 e. The number of hydrogen-bond acceptors (Lipinski definition) is 3. The Kier molecular flexibility index (Phi) is 5.22. The van der Waals surface area contributed by atoms with Crippen LogP contribution in [-0.4, -0.2) is 59.4 Å². The van der Waals surface area contributed by atoms with Gasteiger partial charge in [-0.3, -0.25) is 4.79 Å². The summed E-state index contributed by atoms with van der Waals surface area (Å²) in [5, 5.41) is 27.6. The highest BCUT2D eigenvalue weighted by Crippen LogP contribution is 2.52. The van der Waals surface area contributed by atoms with E-state index in [-0.39, 0.29) is 17.7 Å². The number of phenolic OH excluding ortho intramolecular Hbond substituents is 1. The largest absolute Gasteiger partial charge is 0.508 e. The molecule has 172 valence electrons. The van der Waals surface area contributed by atoms with Gasteiger partial charge in [-0.15, -0.1) is 0 Å². The van der Waals surface area contributed by atoms with Crippen LogP contribution in [0.2, 0.25) is 0 Å². The third-order valence-corrected chi connectivity index (χ3v) is 7.97. The molecule has 3 atom stereocenters. The van der Waals surface area contributed by atoms with Crippen LogP contribution in [0.25, 0.3) is 10.8 Å². The van der Waals surface area contributed by atoms with Crippen LogP contribution in [0.1, 0.15) is 41.6 Å². The van der Waals surface area contributed by atoms with Gasteiger partial charge in [0, 0.05) is 23.4 Å². The lowest BCUT2D eigenvalue weighted by Gasteiger charge is -2.58. The Morgan fingerprint density at radius 1 is 1.00 bits per heavy atom. The van der Waals surface area contributed by atoms with Crippen LogP contribution in [-0.2, 0) is 5.41 Å². The van der Waals surface area contributed by atoms with E-state index >= 15 is 0 Å². The van der Waals surface area contributed by atoms with E-state index in [1.165, 1.54) is 0 Å². The van der Waals surface area contributed by atoms with Gasteiger partial charge < -0.3 is 20.0 Å². The Labute approximate surface area is 195 Å². The minimum atomic E-state index is -0.882. The van der Waals surface area contributed by atoms with Crippen molar-refractivity contribution in [1.29, 1.82) is 0 Å². The Morgan fingerprint density at radius 3 is 2.58 bits per heavy atom. The van der Waals surface area contributed by atoms with E-state index in [0.29, 0.717) is 24.9 Å². The lowest BCUT2D eigenvalue weighted by atomic mass is 9.55. The summed E-state index contributed by atoms with van der Waals surface area (Å²) in [5.41, 5.74) is 0.239.